The van der Waals surface area contributed by atoms with Gasteiger partial charge in [-0.2, -0.15) is 0 Å². The standard InChI is InChI=1S/C24H24O2S/c1-23(2,3)22(25)26-27-24(19-13-7-4-8-14-19,20-15-9-5-10-16-20)21-17-11-6-12-18-21/h4-18H,1-3H3. The maximum absolute atomic E-state index is 12.6. The maximum Gasteiger partial charge on any atom is 0.323 e. The molecule has 3 heteroatoms. The van der Waals surface area contributed by atoms with Crippen LogP contribution in [0.2, 0.25) is 0 Å². The summed E-state index contributed by atoms with van der Waals surface area (Å²) in [5, 5.41) is 0. The number of carbonyl (C=O) groups is 1. The molecule has 2 nitrogen and oxygen atoms in total. The Hall–Kier alpha value is -2.52. The second-order valence-corrected chi connectivity index (χ2v) is 8.43. The summed E-state index contributed by atoms with van der Waals surface area (Å²) in [5.41, 5.74) is 2.63. The molecule has 3 aromatic carbocycles. The van der Waals surface area contributed by atoms with Gasteiger partial charge in [0.05, 0.1) is 17.5 Å². The first-order chi connectivity index (χ1) is 12.9. The molecule has 0 fully saturated rings. The summed E-state index contributed by atoms with van der Waals surface area (Å²) in [6, 6.07) is 30.6. The molecule has 0 aliphatic carbocycles. The fourth-order valence-corrected chi connectivity index (χ4v) is 4.04. The zero-order valence-electron chi connectivity index (χ0n) is 15.9. The second-order valence-electron chi connectivity index (χ2n) is 7.48. The molecule has 0 saturated heterocycles. The van der Waals surface area contributed by atoms with Crippen LogP contribution in [0, 0.1) is 5.41 Å². The van der Waals surface area contributed by atoms with Crippen LogP contribution in [-0.4, -0.2) is 5.97 Å². The van der Waals surface area contributed by atoms with Gasteiger partial charge in [0, 0.05) is 0 Å². The van der Waals surface area contributed by atoms with E-state index in [-0.39, 0.29) is 5.97 Å². The van der Waals surface area contributed by atoms with Crippen LogP contribution in [0.5, 0.6) is 0 Å². The molecule has 0 aliphatic rings. The first kappa shape index (κ1) is 19.2. The largest absolute Gasteiger partial charge is 0.389 e. The molecule has 0 aromatic heterocycles. The van der Waals surface area contributed by atoms with E-state index >= 15 is 0 Å². The van der Waals surface area contributed by atoms with E-state index in [1.54, 1.807) is 0 Å². The van der Waals surface area contributed by atoms with Crippen molar-refractivity contribution in [2.24, 2.45) is 5.41 Å². The Balaban J connectivity index is 2.18. The van der Waals surface area contributed by atoms with Crippen molar-refractivity contribution < 1.29 is 8.98 Å². The second kappa shape index (κ2) is 8.01. The summed E-state index contributed by atoms with van der Waals surface area (Å²) < 4.78 is 5.16. The molecule has 27 heavy (non-hydrogen) atoms. The summed E-state index contributed by atoms with van der Waals surface area (Å²) >= 11 is 1.21. The lowest BCUT2D eigenvalue weighted by atomic mass is 9.84. The summed E-state index contributed by atoms with van der Waals surface area (Å²) in [6.07, 6.45) is 0. The molecule has 0 amide bonds. The third-order valence-corrected chi connectivity index (χ3v) is 5.59. The van der Waals surface area contributed by atoms with Gasteiger partial charge in [-0.05, 0) is 37.5 Å². The van der Waals surface area contributed by atoms with Crippen LogP contribution in [0.3, 0.4) is 0 Å². The van der Waals surface area contributed by atoms with E-state index in [1.165, 1.54) is 12.0 Å². The zero-order chi connectivity index (χ0) is 19.3. The Labute approximate surface area is 165 Å². The lowest BCUT2D eigenvalue weighted by Gasteiger charge is -2.34. The highest BCUT2D eigenvalue weighted by Gasteiger charge is 2.40. The highest BCUT2D eigenvalue weighted by atomic mass is 32.2. The van der Waals surface area contributed by atoms with Crippen LogP contribution < -0.4 is 0 Å². The van der Waals surface area contributed by atoms with Gasteiger partial charge < -0.3 is 4.18 Å². The van der Waals surface area contributed by atoms with E-state index in [2.05, 4.69) is 36.4 Å². The quantitative estimate of drug-likeness (QED) is 0.391. The van der Waals surface area contributed by atoms with Gasteiger partial charge >= 0.3 is 5.97 Å². The number of carbonyl (C=O) groups excluding carboxylic acids is 1. The molecule has 0 unspecified atom stereocenters. The van der Waals surface area contributed by atoms with Crippen molar-refractivity contribution in [3.05, 3.63) is 108 Å². The SMILES string of the molecule is CC(C)(C)C(=O)OSC(c1ccccc1)(c1ccccc1)c1ccccc1. The number of benzene rings is 3. The molecule has 138 valence electrons. The normalized spacial score (nSPS) is 11.8. The van der Waals surface area contributed by atoms with Crippen molar-refractivity contribution in [2.75, 3.05) is 0 Å². The minimum atomic E-state index is -0.648. The van der Waals surface area contributed by atoms with Crippen LogP contribution in [0.1, 0.15) is 37.5 Å². The van der Waals surface area contributed by atoms with Gasteiger partial charge in [0.1, 0.15) is 4.75 Å². The Morgan fingerprint density at radius 2 is 1.00 bits per heavy atom. The van der Waals surface area contributed by atoms with Gasteiger partial charge in [0.25, 0.3) is 0 Å². The van der Waals surface area contributed by atoms with Gasteiger partial charge in [-0.15, -0.1) is 0 Å². The third-order valence-electron chi connectivity index (χ3n) is 4.40. The minimum Gasteiger partial charge on any atom is -0.389 e. The molecule has 0 saturated carbocycles. The zero-order valence-corrected chi connectivity index (χ0v) is 16.7. The van der Waals surface area contributed by atoms with Gasteiger partial charge in [0.15, 0.2) is 0 Å². The van der Waals surface area contributed by atoms with E-state index < -0.39 is 10.2 Å². The van der Waals surface area contributed by atoms with Crippen molar-refractivity contribution in [2.45, 2.75) is 25.5 Å². The molecular formula is C24H24O2S. The van der Waals surface area contributed by atoms with Gasteiger partial charge in [-0.25, -0.2) is 0 Å². The fraction of sp³-hybridized carbons (Fsp3) is 0.208. The maximum atomic E-state index is 12.6. The lowest BCUT2D eigenvalue weighted by molar-refractivity contribution is -0.141. The third kappa shape index (κ3) is 4.09. The number of rotatable bonds is 5. The Morgan fingerprint density at radius 1 is 0.667 bits per heavy atom. The first-order valence-electron chi connectivity index (χ1n) is 9.01. The van der Waals surface area contributed by atoms with Gasteiger partial charge in [-0.1, -0.05) is 91.0 Å². The smallest absolute Gasteiger partial charge is 0.323 e. The highest BCUT2D eigenvalue weighted by Crippen LogP contribution is 2.49. The van der Waals surface area contributed by atoms with E-state index in [1.807, 2.05) is 75.4 Å². The molecule has 3 rings (SSSR count). The summed E-state index contributed by atoms with van der Waals surface area (Å²) in [5.74, 6) is -0.236. The van der Waals surface area contributed by atoms with Crippen LogP contribution in [0.4, 0.5) is 0 Å². The average Bonchev–Trinajstić information content (AvgIpc) is 2.70. The summed E-state index contributed by atoms with van der Waals surface area (Å²) in [7, 11) is 0. The lowest BCUT2D eigenvalue weighted by Crippen LogP contribution is -2.29. The highest BCUT2D eigenvalue weighted by molar-refractivity contribution is 7.96. The molecule has 0 radical (unpaired) electrons. The molecule has 3 aromatic rings. The van der Waals surface area contributed by atoms with Crippen LogP contribution in [-0.2, 0) is 13.7 Å². The van der Waals surface area contributed by atoms with Crippen molar-refractivity contribution in [1.29, 1.82) is 0 Å². The number of hydrogen-bond acceptors (Lipinski definition) is 3. The van der Waals surface area contributed by atoms with E-state index in [0.717, 1.165) is 16.7 Å². The molecule has 0 atom stereocenters. The molecule has 0 N–H and O–H groups in total. The van der Waals surface area contributed by atoms with Crippen molar-refractivity contribution in [3.8, 4) is 0 Å². The molecular weight excluding hydrogens is 352 g/mol. The van der Waals surface area contributed by atoms with Crippen molar-refractivity contribution in [1.82, 2.24) is 0 Å². The van der Waals surface area contributed by atoms with Gasteiger partial charge in [-0.3, -0.25) is 4.79 Å². The molecule has 0 aliphatic heterocycles. The van der Waals surface area contributed by atoms with E-state index in [4.69, 9.17) is 4.18 Å². The van der Waals surface area contributed by atoms with Gasteiger partial charge in [0.2, 0.25) is 0 Å². The summed E-state index contributed by atoms with van der Waals surface area (Å²) in [4.78, 5) is 12.6. The predicted octanol–water partition coefficient (Wildman–Crippen LogP) is 6.22. The number of hydrogen-bond donors (Lipinski definition) is 0. The van der Waals surface area contributed by atoms with Crippen LogP contribution >= 0.6 is 12.0 Å². The molecule has 0 heterocycles. The molecule has 0 spiro atoms. The van der Waals surface area contributed by atoms with Crippen molar-refractivity contribution in [3.63, 3.8) is 0 Å². The topological polar surface area (TPSA) is 26.3 Å². The summed E-state index contributed by atoms with van der Waals surface area (Å²) in [6.45, 7) is 5.60. The Bertz CT molecular complexity index is 772. The van der Waals surface area contributed by atoms with E-state index in [9.17, 15) is 4.79 Å². The van der Waals surface area contributed by atoms with E-state index in [0.29, 0.717) is 0 Å². The average molecular weight is 377 g/mol. The first-order valence-corrected chi connectivity index (χ1v) is 9.75. The fourth-order valence-electron chi connectivity index (χ4n) is 2.89. The van der Waals surface area contributed by atoms with Crippen LogP contribution in [0.15, 0.2) is 91.0 Å². The minimum absolute atomic E-state index is 0.236. The monoisotopic (exact) mass is 376 g/mol. The molecule has 0 bridgehead atoms. The Kier molecular flexibility index (Phi) is 5.71. The Morgan fingerprint density at radius 3 is 1.30 bits per heavy atom. The van der Waals surface area contributed by atoms with Crippen LogP contribution in [0.25, 0.3) is 0 Å². The van der Waals surface area contributed by atoms with Crippen molar-refractivity contribution >= 4 is 18.0 Å². The predicted molar refractivity (Wildman–Crippen MR) is 112 cm³/mol.